The molecule has 0 aromatic heterocycles. The van der Waals surface area contributed by atoms with E-state index < -0.39 is 0 Å². The van der Waals surface area contributed by atoms with Crippen molar-refractivity contribution >= 4 is 5.91 Å². The molecule has 4 heteroatoms. The first-order valence-electron chi connectivity index (χ1n) is 9.83. The van der Waals surface area contributed by atoms with Crippen molar-refractivity contribution < 1.29 is 9.53 Å². The highest BCUT2D eigenvalue weighted by atomic mass is 16.5. The molecule has 4 nitrogen and oxygen atoms in total. The van der Waals surface area contributed by atoms with Crippen LogP contribution in [0.25, 0.3) is 0 Å². The summed E-state index contributed by atoms with van der Waals surface area (Å²) in [6.07, 6.45) is 2.88. The number of amides is 1. The van der Waals surface area contributed by atoms with E-state index in [0.717, 1.165) is 36.9 Å². The molecular weight excluding hydrogens is 336 g/mol. The minimum atomic E-state index is 0.0149. The molecule has 1 fully saturated rings. The van der Waals surface area contributed by atoms with E-state index in [4.69, 9.17) is 4.74 Å². The predicted octanol–water partition coefficient (Wildman–Crippen LogP) is 3.79. The van der Waals surface area contributed by atoms with Gasteiger partial charge >= 0.3 is 0 Å². The lowest BCUT2D eigenvalue weighted by Crippen LogP contribution is -2.33. The fourth-order valence-corrected chi connectivity index (χ4v) is 3.62. The molecule has 2 aromatic carbocycles. The molecule has 144 valence electrons. The zero-order chi connectivity index (χ0) is 19.1. The summed E-state index contributed by atoms with van der Waals surface area (Å²) < 4.78 is 5.33. The van der Waals surface area contributed by atoms with Crippen molar-refractivity contribution in [3.8, 4) is 5.75 Å². The molecule has 0 saturated carbocycles. The molecular formula is C23H30N2O2. The number of carbonyl (C=O) groups is 1. The van der Waals surface area contributed by atoms with E-state index in [1.165, 1.54) is 24.0 Å². The number of rotatable bonds is 7. The molecule has 1 amide bonds. The molecule has 27 heavy (non-hydrogen) atoms. The second kappa shape index (κ2) is 9.56. The predicted molar refractivity (Wildman–Crippen MR) is 109 cm³/mol. The smallest absolute Gasteiger partial charge is 0.224 e. The van der Waals surface area contributed by atoms with E-state index in [1.807, 2.05) is 30.3 Å². The van der Waals surface area contributed by atoms with E-state index >= 15 is 0 Å². The number of methoxy groups -OCH3 is 1. The summed E-state index contributed by atoms with van der Waals surface area (Å²) in [5.74, 6) is 1.61. The Labute approximate surface area is 162 Å². The Kier molecular flexibility index (Phi) is 6.88. The fraction of sp³-hybridized carbons (Fsp3) is 0.435. The van der Waals surface area contributed by atoms with Gasteiger partial charge in [-0.1, -0.05) is 49.4 Å². The number of nitrogens with zero attached hydrogens (tertiary/aromatic N) is 1. The number of likely N-dealkylation sites (tertiary alicyclic amines) is 1. The van der Waals surface area contributed by atoms with Crippen molar-refractivity contribution in [2.24, 2.45) is 5.92 Å². The van der Waals surface area contributed by atoms with Gasteiger partial charge in [0.05, 0.1) is 13.5 Å². The van der Waals surface area contributed by atoms with Gasteiger partial charge in [-0.3, -0.25) is 9.69 Å². The minimum Gasteiger partial charge on any atom is -0.496 e. The number of para-hydroxylation sites is 1. The van der Waals surface area contributed by atoms with Crippen LogP contribution in [0.1, 0.15) is 36.5 Å². The SMILES string of the molecule is COc1ccccc1CC(=O)NCc1ccccc1CN1CCC(C)CC1. The normalized spacial score (nSPS) is 15.5. The van der Waals surface area contributed by atoms with Crippen molar-refractivity contribution in [3.63, 3.8) is 0 Å². The average Bonchev–Trinajstić information content (AvgIpc) is 2.69. The van der Waals surface area contributed by atoms with Crippen LogP contribution in [-0.4, -0.2) is 31.0 Å². The molecule has 0 radical (unpaired) electrons. The van der Waals surface area contributed by atoms with Gasteiger partial charge in [0, 0.05) is 18.7 Å². The zero-order valence-corrected chi connectivity index (χ0v) is 16.4. The highest BCUT2D eigenvalue weighted by molar-refractivity contribution is 5.79. The van der Waals surface area contributed by atoms with Gasteiger partial charge in [0.25, 0.3) is 0 Å². The molecule has 1 aliphatic rings. The quantitative estimate of drug-likeness (QED) is 0.811. The lowest BCUT2D eigenvalue weighted by Gasteiger charge is -2.30. The topological polar surface area (TPSA) is 41.6 Å². The molecule has 0 unspecified atom stereocenters. The van der Waals surface area contributed by atoms with E-state index in [0.29, 0.717) is 13.0 Å². The number of piperidine rings is 1. The van der Waals surface area contributed by atoms with Crippen LogP contribution in [-0.2, 0) is 24.3 Å². The molecule has 0 aliphatic carbocycles. The lowest BCUT2D eigenvalue weighted by molar-refractivity contribution is -0.120. The second-order valence-electron chi connectivity index (χ2n) is 7.49. The second-order valence-corrected chi connectivity index (χ2v) is 7.49. The van der Waals surface area contributed by atoms with Gasteiger partial charge in [-0.05, 0) is 49.0 Å². The molecule has 1 heterocycles. The zero-order valence-electron chi connectivity index (χ0n) is 16.4. The van der Waals surface area contributed by atoms with Crippen LogP contribution in [0.2, 0.25) is 0 Å². The molecule has 0 spiro atoms. The Balaban J connectivity index is 1.57. The van der Waals surface area contributed by atoms with Gasteiger partial charge in [0.1, 0.15) is 5.75 Å². The summed E-state index contributed by atoms with van der Waals surface area (Å²) in [6.45, 7) is 6.19. The summed E-state index contributed by atoms with van der Waals surface area (Å²) in [6, 6.07) is 16.1. The maximum atomic E-state index is 12.4. The molecule has 1 aliphatic heterocycles. The Morgan fingerprint density at radius 1 is 1.04 bits per heavy atom. The highest BCUT2D eigenvalue weighted by Gasteiger charge is 2.17. The van der Waals surface area contributed by atoms with Gasteiger partial charge in [-0.2, -0.15) is 0 Å². The average molecular weight is 367 g/mol. The Bertz CT molecular complexity index is 752. The van der Waals surface area contributed by atoms with Crippen molar-refractivity contribution in [2.75, 3.05) is 20.2 Å². The van der Waals surface area contributed by atoms with E-state index in [1.54, 1.807) is 7.11 Å². The number of nitrogens with one attached hydrogen (secondary N) is 1. The van der Waals surface area contributed by atoms with Crippen LogP contribution in [0.15, 0.2) is 48.5 Å². The van der Waals surface area contributed by atoms with E-state index in [9.17, 15) is 4.79 Å². The van der Waals surface area contributed by atoms with Crippen LogP contribution < -0.4 is 10.1 Å². The minimum absolute atomic E-state index is 0.0149. The van der Waals surface area contributed by atoms with Crippen molar-refractivity contribution in [1.82, 2.24) is 10.2 Å². The van der Waals surface area contributed by atoms with Gasteiger partial charge in [0.15, 0.2) is 0 Å². The van der Waals surface area contributed by atoms with Crippen LogP contribution in [0.3, 0.4) is 0 Å². The van der Waals surface area contributed by atoms with Crippen molar-refractivity contribution in [1.29, 1.82) is 0 Å². The lowest BCUT2D eigenvalue weighted by atomic mass is 9.98. The summed E-state index contributed by atoms with van der Waals surface area (Å²) in [7, 11) is 1.63. The summed E-state index contributed by atoms with van der Waals surface area (Å²) >= 11 is 0. The largest absolute Gasteiger partial charge is 0.496 e. The van der Waals surface area contributed by atoms with Crippen molar-refractivity contribution in [2.45, 2.75) is 39.3 Å². The Morgan fingerprint density at radius 2 is 1.67 bits per heavy atom. The number of ether oxygens (including phenoxy) is 1. The standard InChI is InChI=1S/C23H30N2O2/c1-18-11-13-25(14-12-18)17-21-9-4-3-8-20(21)16-24-23(26)15-19-7-5-6-10-22(19)27-2/h3-10,18H,11-17H2,1-2H3,(H,24,26). The number of carbonyl (C=O) groups excluding carboxylic acids is 1. The summed E-state index contributed by atoms with van der Waals surface area (Å²) in [5.41, 5.74) is 3.42. The first kappa shape index (κ1) is 19.4. The van der Waals surface area contributed by atoms with Crippen molar-refractivity contribution in [3.05, 3.63) is 65.2 Å². The van der Waals surface area contributed by atoms with Gasteiger partial charge in [0.2, 0.25) is 5.91 Å². The Hall–Kier alpha value is -2.33. The van der Waals surface area contributed by atoms with Gasteiger partial charge in [-0.15, -0.1) is 0 Å². The first-order chi connectivity index (χ1) is 13.2. The van der Waals surface area contributed by atoms with E-state index in [2.05, 4.69) is 35.3 Å². The summed E-state index contributed by atoms with van der Waals surface area (Å²) in [4.78, 5) is 14.9. The van der Waals surface area contributed by atoms with Gasteiger partial charge < -0.3 is 10.1 Å². The molecule has 2 aromatic rings. The Morgan fingerprint density at radius 3 is 2.37 bits per heavy atom. The number of hydrogen-bond donors (Lipinski definition) is 1. The third-order valence-electron chi connectivity index (χ3n) is 5.41. The molecule has 0 atom stereocenters. The monoisotopic (exact) mass is 366 g/mol. The van der Waals surface area contributed by atoms with Crippen LogP contribution in [0, 0.1) is 5.92 Å². The fourth-order valence-electron chi connectivity index (χ4n) is 3.62. The van der Waals surface area contributed by atoms with Crippen LogP contribution >= 0.6 is 0 Å². The van der Waals surface area contributed by atoms with Crippen LogP contribution in [0.4, 0.5) is 0 Å². The van der Waals surface area contributed by atoms with E-state index in [-0.39, 0.29) is 5.91 Å². The molecule has 1 N–H and O–H groups in total. The third kappa shape index (κ3) is 5.57. The van der Waals surface area contributed by atoms with Crippen LogP contribution in [0.5, 0.6) is 5.75 Å². The highest BCUT2D eigenvalue weighted by Crippen LogP contribution is 2.20. The molecule has 1 saturated heterocycles. The summed E-state index contributed by atoms with van der Waals surface area (Å²) in [5, 5.41) is 3.07. The number of benzene rings is 2. The van der Waals surface area contributed by atoms with Gasteiger partial charge in [-0.25, -0.2) is 0 Å². The third-order valence-corrected chi connectivity index (χ3v) is 5.41. The first-order valence-corrected chi connectivity index (χ1v) is 9.83. The maximum Gasteiger partial charge on any atom is 0.224 e. The molecule has 3 rings (SSSR count). The maximum absolute atomic E-state index is 12.4. The molecule has 0 bridgehead atoms. The number of hydrogen-bond acceptors (Lipinski definition) is 3.